The second-order valence-corrected chi connectivity index (χ2v) is 9.44. The molecule has 8 heteroatoms. The van der Waals surface area contributed by atoms with Gasteiger partial charge < -0.3 is 19.4 Å². The van der Waals surface area contributed by atoms with E-state index in [0.717, 1.165) is 34.9 Å². The van der Waals surface area contributed by atoms with Gasteiger partial charge in [-0.2, -0.15) is 0 Å². The number of anilines is 1. The number of amides is 1. The summed E-state index contributed by atoms with van der Waals surface area (Å²) in [5.74, 6) is 2.70. The monoisotopic (exact) mass is 468 g/mol. The third kappa shape index (κ3) is 6.99. The molecule has 0 radical (unpaired) electrons. The average Bonchev–Trinajstić information content (AvgIpc) is 3.13. The van der Waals surface area contributed by atoms with Crippen molar-refractivity contribution < 1.29 is 14.3 Å². The maximum Gasteiger partial charge on any atom is 0.234 e. The van der Waals surface area contributed by atoms with Gasteiger partial charge in [0.1, 0.15) is 11.5 Å². The molecule has 0 bridgehead atoms. The zero-order valence-corrected chi connectivity index (χ0v) is 20.9. The number of hydrogen-bond donors (Lipinski definition) is 1. The number of aryl methyl sites for hydroxylation is 2. The normalized spacial score (nSPS) is 12.0. The first-order valence-corrected chi connectivity index (χ1v) is 12.0. The molecule has 0 saturated heterocycles. The lowest BCUT2D eigenvalue weighted by Crippen LogP contribution is -2.17. The summed E-state index contributed by atoms with van der Waals surface area (Å²) in [4.78, 5) is 12.6. The van der Waals surface area contributed by atoms with E-state index in [9.17, 15) is 4.79 Å². The summed E-state index contributed by atoms with van der Waals surface area (Å²) >= 11 is 1.38. The molecule has 0 aliphatic carbocycles. The number of rotatable bonds is 10. The molecule has 0 aliphatic heterocycles. The number of benzene rings is 2. The maximum atomic E-state index is 12.6. The summed E-state index contributed by atoms with van der Waals surface area (Å²) < 4.78 is 13.4. The van der Waals surface area contributed by atoms with Gasteiger partial charge in [0.25, 0.3) is 0 Å². The van der Waals surface area contributed by atoms with Crippen LogP contribution in [0.5, 0.6) is 11.5 Å². The fraction of sp³-hybridized carbons (Fsp3) is 0.400. The van der Waals surface area contributed by atoms with E-state index in [1.807, 2.05) is 61.7 Å². The largest absolute Gasteiger partial charge is 0.497 e. The highest BCUT2D eigenvalue weighted by atomic mass is 32.2. The molecule has 33 heavy (non-hydrogen) atoms. The van der Waals surface area contributed by atoms with E-state index in [0.29, 0.717) is 16.8 Å². The molecule has 0 aliphatic rings. The lowest BCUT2D eigenvalue weighted by molar-refractivity contribution is -0.113. The Hall–Kier alpha value is -3.00. The summed E-state index contributed by atoms with van der Waals surface area (Å²) in [6.07, 6.45) is -0.318. The molecule has 176 valence electrons. The standard InChI is InChI=1S/C25H32N4O3S/c1-16(2)14-29-24(19(5)32-22-9-7-8-21(13-22)31-6)27-28-25(29)33-15-23(30)26-20-11-17(3)10-18(4)12-20/h7-13,16,19H,14-15H2,1-6H3,(H,26,30). The van der Waals surface area contributed by atoms with Crippen LogP contribution in [0.15, 0.2) is 47.6 Å². The lowest BCUT2D eigenvalue weighted by atomic mass is 10.1. The van der Waals surface area contributed by atoms with Gasteiger partial charge in [-0.1, -0.05) is 37.7 Å². The minimum absolute atomic E-state index is 0.0775. The molecule has 0 saturated carbocycles. The Bertz CT molecular complexity index is 1080. The molecule has 7 nitrogen and oxygen atoms in total. The third-order valence-electron chi connectivity index (χ3n) is 4.85. The van der Waals surface area contributed by atoms with E-state index in [1.54, 1.807) is 7.11 Å². The second-order valence-electron chi connectivity index (χ2n) is 8.50. The average molecular weight is 469 g/mol. The molecule has 3 rings (SSSR count). The molecule has 1 unspecified atom stereocenters. The van der Waals surface area contributed by atoms with Crippen LogP contribution in [0.4, 0.5) is 5.69 Å². The van der Waals surface area contributed by atoms with Gasteiger partial charge in [0.2, 0.25) is 5.91 Å². The number of nitrogens with zero attached hydrogens (tertiary/aromatic N) is 3. The fourth-order valence-corrected chi connectivity index (χ4v) is 4.30. The predicted octanol–water partition coefficient (Wildman–Crippen LogP) is 5.43. The summed E-state index contributed by atoms with van der Waals surface area (Å²) in [5.41, 5.74) is 3.04. The van der Waals surface area contributed by atoms with Crippen molar-refractivity contribution in [1.29, 1.82) is 0 Å². The number of thioether (sulfide) groups is 1. The van der Waals surface area contributed by atoms with Gasteiger partial charge in [-0.05, 0) is 62.1 Å². The first-order valence-electron chi connectivity index (χ1n) is 11.0. The Labute approximate surface area is 199 Å². The molecule has 1 amide bonds. The third-order valence-corrected chi connectivity index (χ3v) is 5.82. The lowest BCUT2D eigenvalue weighted by Gasteiger charge is -2.18. The van der Waals surface area contributed by atoms with Crippen molar-refractivity contribution in [2.24, 2.45) is 5.92 Å². The van der Waals surface area contributed by atoms with Gasteiger partial charge >= 0.3 is 0 Å². The SMILES string of the molecule is COc1cccc(OC(C)c2nnc(SCC(=O)Nc3cc(C)cc(C)c3)n2CC(C)C)c1. The van der Waals surface area contributed by atoms with Gasteiger partial charge in [-0.3, -0.25) is 4.79 Å². The van der Waals surface area contributed by atoms with Crippen LogP contribution < -0.4 is 14.8 Å². The molecule has 0 fully saturated rings. The Morgan fingerprint density at radius 2 is 1.76 bits per heavy atom. The van der Waals surface area contributed by atoms with Crippen molar-refractivity contribution in [3.63, 3.8) is 0 Å². The molecule has 3 aromatic rings. The molecule has 0 spiro atoms. The van der Waals surface area contributed by atoms with Gasteiger partial charge in [0, 0.05) is 18.3 Å². The summed E-state index contributed by atoms with van der Waals surface area (Å²) in [6, 6.07) is 13.5. The van der Waals surface area contributed by atoms with Crippen molar-refractivity contribution in [1.82, 2.24) is 14.8 Å². The quantitative estimate of drug-likeness (QED) is 0.400. The van der Waals surface area contributed by atoms with E-state index >= 15 is 0 Å². The van der Waals surface area contributed by atoms with E-state index < -0.39 is 0 Å². The summed E-state index contributed by atoms with van der Waals surface area (Å²) in [7, 11) is 1.63. The van der Waals surface area contributed by atoms with Crippen LogP contribution >= 0.6 is 11.8 Å². The summed E-state index contributed by atoms with van der Waals surface area (Å²) in [5, 5.41) is 12.4. The van der Waals surface area contributed by atoms with Crippen LogP contribution in [0.1, 0.15) is 43.8 Å². The molecular formula is C25H32N4O3S. The van der Waals surface area contributed by atoms with Crippen molar-refractivity contribution >= 4 is 23.4 Å². The van der Waals surface area contributed by atoms with Crippen LogP contribution in [0.3, 0.4) is 0 Å². The predicted molar refractivity (Wildman–Crippen MR) is 132 cm³/mol. The van der Waals surface area contributed by atoms with Crippen LogP contribution in [-0.2, 0) is 11.3 Å². The zero-order valence-electron chi connectivity index (χ0n) is 20.1. The first-order chi connectivity index (χ1) is 15.7. The minimum Gasteiger partial charge on any atom is -0.497 e. The zero-order chi connectivity index (χ0) is 24.0. The Morgan fingerprint density at radius 3 is 2.42 bits per heavy atom. The van der Waals surface area contributed by atoms with Crippen molar-refractivity contribution in [2.45, 2.75) is 52.4 Å². The molecule has 1 heterocycles. The van der Waals surface area contributed by atoms with Crippen LogP contribution in [0.2, 0.25) is 0 Å². The van der Waals surface area contributed by atoms with E-state index in [4.69, 9.17) is 9.47 Å². The van der Waals surface area contributed by atoms with E-state index in [2.05, 4.69) is 35.4 Å². The van der Waals surface area contributed by atoms with Gasteiger partial charge in [0.05, 0.1) is 12.9 Å². The Morgan fingerprint density at radius 1 is 1.06 bits per heavy atom. The highest BCUT2D eigenvalue weighted by molar-refractivity contribution is 7.99. The van der Waals surface area contributed by atoms with Gasteiger partial charge in [-0.25, -0.2) is 0 Å². The number of carbonyl (C=O) groups excluding carboxylic acids is 1. The topological polar surface area (TPSA) is 78.3 Å². The van der Waals surface area contributed by atoms with Crippen molar-refractivity contribution in [3.8, 4) is 11.5 Å². The van der Waals surface area contributed by atoms with Crippen molar-refractivity contribution in [2.75, 3.05) is 18.2 Å². The second kappa shape index (κ2) is 11.2. The number of hydrogen-bond acceptors (Lipinski definition) is 6. The molecule has 1 aromatic heterocycles. The van der Waals surface area contributed by atoms with Gasteiger partial charge in [-0.15, -0.1) is 10.2 Å². The Balaban J connectivity index is 1.71. The number of methoxy groups -OCH3 is 1. The fourth-order valence-electron chi connectivity index (χ4n) is 3.55. The van der Waals surface area contributed by atoms with Gasteiger partial charge in [0.15, 0.2) is 17.1 Å². The van der Waals surface area contributed by atoms with Crippen molar-refractivity contribution in [3.05, 3.63) is 59.4 Å². The number of aromatic nitrogens is 3. The van der Waals surface area contributed by atoms with Crippen LogP contribution in [0, 0.1) is 19.8 Å². The molecule has 1 N–H and O–H groups in total. The number of carbonyl (C=O) groups is 1. The van der Waals surface area contributed by atoms with E-state index in [-0.39, 0.29) is 17.8 Å². The minimum atomic E-state index is -0.318. The van der Waals surface area contributed by atoms with Crippen LogP contribution in [0.25, 0.3) is 0 Å². The van der Waals surface area contributed by atoms with Crippen LogP contribution in [-0.4, -0.2) is 33.5 Å². The highest BCUT2D eigenvalue weighted by Crippen LogP contribution is 2.27. The first kappa shape index (κ1) is 24.6. The summed E-state index contributed by atoms with van der Waals surface area (Å²) in [6.45, 7) is 11.0. The Kier molecular flexibility index (Phi) is 8.38. The maximum absolute atomic E-state index is 12.6. The molecule has 2 aromatic carbocycles. The molecular weight excluding hydrogens is 436 g/mol. The molecule has 1 atom stereocenters. The van der Waals surface area contributed by atoms with E-state index in [1.165, 1.54) is 11.8 Å². The highest BCUT2D eigenvalue weighted by Gasteiger charge is 2.21. The number of ether oxygens (including phenoxy) is 2. The number of nitrogens with one attached hydrogen (secondary N) is 1. The smallest absolute Gasteiger partial charge is 0.234 e.